The lowest BCUT2D eigenvalue weighted by Gasteiger charge is -2.08. The van der Waals surface area contributed by atoms with Gasteiger partial charge in [-0.3, -0.25) is 14.9 Å². The van der Waals surface area contributed by atoms with Gasteiger partial charge in [0.25, 0.3) is 5.69 Å². The monoisotopic (exact) mass is 388 g/mol. The molecule has 24 heavy (non-hydrogen) atoms. The highest BCUT2D eigenvalue weighted by Crippen LogP contribution is 2.24. The molecule has 2 aromatic carbocycles. The number of para-hydroxylation sites is 1. The van der Waals surface area contributed by atoms with Crippen LogP contribution in [-0.2, 0) is 17.9 Å². The van der Waals surface area contributed by atoms with Crippen LogP contribution in [0.5, 0.6) is 0 Å². The van der Waals surface area contributed by atoms with Gasteiger partial charge in [0.1, 0.15) is 12.1 Å². The van der Waals surface area contributed by atoms with Crippen LogP contribution in [0.25, 0.3) is 11.0 Å². The summed E-state index contributed by atoms with van der Waals surface area (Å²) in [5.74, 6) is -0.247. The molecule has 122 valence electrons. The van der Waals surface area contributed by atoms with Crippen LogP contribution in [0.3, 0.4) is 0 Å². The van der Waals surface area contributed by atoms with Gasteiger partial charge in [-0.25, -0.2) is 4.98 Å². The van der Waals surface area contributed by atoms with Crippen molar-refractivity contribution in [3.05, 3.63) is 68.9 Å². The summed E-state index contributed by atoms with van der Waals surface area (Å²) in [5, 5.41) is 14.0. The SMILES string of the molecule is O=C(Cn1cnc2cccc([N+](=O)[O-])c21)NCc1ccccc1Br. The number of imidazole rings is 1. The third kappa shape index (κ3) is 3.28. The lowest BCUT2D eigenvalue weighted by atomic mass is 10.2. The molecule has 0 spiro atoms. The molecular weight excluding hydrogens is 376 g/mol. The van der Waals surface area contributed by atoms with Gasteiger partial charge in [-0.2, -0.15) is 0 Å². The number of non-ortho nitro benzene ring substituents is 1. The van der Waals surface area contributed by atoms with E-state index >= 15 is 0 Å². The van der Waals surface area contributed by atoms with Gasteiger partial charge in [0, 0.05) is 17.1 Å². The number of nitro benzene ring substituents is 1. The summed E-state index contributed by atoms with van der Waals surface area (Å²) >= 11 is 3.42. The highest BCUT2D eigenvalue weighted by atomic mass is 79.9. The first kappa shape index (κ1) is 16.1. The Balaban J connectivity index is 1.76. The van der Waals surface area contributed by atoms with E-state index in [-0.39, 0.29) is 18.1 Å². The Morgan fingerprint density at radius 1 is 1.25 bits per heavy atom. The smallest absolute Gasteiger partial charge is 0.295 e. The number of rotatable bonds is 5. The topological polar surface area (TPSA) is 90.1 Å². The van der Waals surface area contributed by atoms with Crippen LogP contribution in [0.4, 0.5) is 5.69 Å². The van der Waals surface area contributed by atoms with Gasteiger partial charge in [0.2, 0.25) is 5.91 Å². The standard InChI is InChI=1S/C16H13BrN4O3/c17-12-5-2-1-4-11(12)8-18-15(22)9-20-10-19-13-6-3-7-14(16(13)20)21(23)24/h1-7,10H,8-9H2,(H,18,22). The third-order valence-electron chi connectivity index (χ3n) is 3.56. The Morgan fingerprint density at radius 2 is 2.04 bits per heavy atom. The number of nitrogens with zero attached hydrogens (tertiary/aromatic N) is 3. The van der Waals surface area contributed by atoms with E-state index in [1.54, 1.807) is 12.1 Å². The predicted molar refractivity (Wildman–Crippen MR) is 92.4 cm³/mol. The first-order chi connectivity index (χ1) is 11.6. The van der Waals surface area contributed by atoms with Gasteiger partial charge < -0.3 is 9.88 Å². The highest BCUT2D eigenvalue weighted by Gasteiger charge is 2.17. The lowest BCUT2D eigenvalue weighted by Crippen LogP contribution is -2.27. The molecule has 7 nitrogen and oxygen atoms in total. The van der Waals surface area contributed by atoms with Crippen molar-refractivity contribution in [2.75, 3.05) is 0 Å². The molecule has 0 aliphatic rings. The fourth-order valence-corrected chi connectivity index (χ4v) is 2.85. The van der Waals surface area contributed by atoms with E-state index < -0.39 is 4.92 Å². The summed E-state index contributed by atoms with van der Waals surface area (Å²) in [7, 11) is 0. The zero-order chi connectivity index (χ0) is 17.1. The molecule has 0 unspecified atom stereocenters. The number of halogens is 1. The maximum atomic E-state index is 12.2. The fourth-order valence-electron chi connectivity index (χ4n) is 2.42. The Morgan fingerprint density at radius 3 is 2.79 bits per heavy atom. The summed E-state index contributed by atoms with van der Waals surface area (Å²) in [6.07, 6.45) is 1.44. The van der Waals surface area contributed by atoms with Crippen LogP contribution in [0.15, 0.2) is 53.3 Å². The van der Waals surface area contributed by atoms with E-state index in [9.17, 15) is 14.9 Å². The van der Waals surface area contributed by atoms with Gasteiger partial charge >= 0.3 is 0 Å². The van der Waals surface area contributed by atoms with Crippen molar-refractivity contribution in [1.82, 2.24) is 14.9 Å². The Bertz CT molecular complexity index is 923. The largest absolute Gasteiger partial charge is 0.350 e. The molecule has 0 saturated carbocycles. The molecule has 0 aliphatic heterocycles. The molecule has 3 aromatic rings. The van der Waals surface area contributed by atoms with Crippen LogP contribution in [0.2, 0.25) is 0 Å². The van der Waals surface area contributed by atoms with Crippen molar-refractivity contribution >= 4 is 38.6 Å². The number of carbonyl (C=O) groups is 1. The van der Waals surface area contributed by atoms with Gasteiger partial charge in [0.15, 0.2) is 0 Å². The van der Waals surface area contributed by atoms with E-state index in [0.717, 1.165) is 10.0 Å². The second-order valence-electron chi connectivity index (χ2n) is 5.14. The zero-order valence-electron chi connectivity index (χ0n) is 12.5. The molecule has 0 fully saturated rings. The Kier molecular flexibility index (Phi) is 4.57. The molecule has 0 atom stereocenters. The number of aromatic nitrogens is 2. The quantitative estimate of drug-likeness (QED) is 0.537. The number of nitro groups is 1. The summed E-state index contributed by atoms with van der Waals surface area (Å²) in [6, 6.07) is 12.2. The van der Waals surface area contributed by atoms with Crippen molar-refractivity contribution in [1.29, 1.82) is 0 Å². The van der Waals surface area contributed by atoms with Crippen LogP contribution >= 0.6 is 15.9 Å². The van der Waals surface area contributed by atoms with Crippen LogP contribution in [0, 0.1) is 10.1 Å². The Hall–Kier alpha value is -2.74. The van der Waals surface area contributed by atoms with Crippen molar-refractivity contribution in [2.24, 2.45) is 0 Å². The first-order valence-electron chi connectivity index (χ1n) is 7.14. The number of carbonyl (C=O) groups excluding carboxylic acids is 1. The average Bonchev–Trinajstić information content (AvgIpc) is 2.97. The minimum Gasteiger partial charge on any atom is -0.350 e. The number of hydrogen-bond donors (Lipinski definition) is 1. The second-order valence-corrected chi connectivity index (χ2v) is 6.00. The summed E-state index contributed by atoms with van der Waals surface area (Å²) in [6.45, 7) is 0.334. The van der Waals surface area contributed by atoms with E-state index in [1.165, 1.54) is 17.0 Å². The van der Waals surface area contributed by atoms with Crippen LogP contribution < -0.4 is 5.32 Å². The number of amides is 1. The number of fused-ring (bicyclic) bond motifs is 1. The van der Waals surface area contributed by atoms with E-state index in [0.29, 0.717) is 17.6 Å². The van der Waals surface area contributed by atoms with Crippen molar-refractivity contribution < 1.29 is 9.72 Å². The highest BCUT2D eigenvalue weighted by molar-refractivity contribution is 9.10. The Labute approximate surface area is 145 Å². The molecule has 0 radical (unpaired) electrons. The van der Waals surface area contributed by atoms with Crippen molar-refractivity contribution in [3.8, 4) is 0 Å². The minimum atomic E-state index is -0.473. The van der Waals surface area contributed by atoms with Gasteiger partial charge in [-0.05, 0) is 17.7 Å². The number of hydrogen-bond acceptors (Lipinski definition) is 4. The maximum absolute atomic E-state index is 12.2. The minimum absolute atomic E-state index is 0.0359. The molecule has 1 N–H and O–H groups in total. The summed E-state index contributed by atoms with van der Waals surface area (Å²) < 4.78 is 2.40. The predicted octanol–water partition coefficient (Wildman–Crippen LogP) is 3.02. The molecule has 1 aromatic heterocycles. The summed E-state index contributed by atoms with van der Waals surface area (Å²) in [4.78, 5) is 27.0. The molecule has 0 saturated heterocycles. The number of nitrogens with one attached hydrogen (secondary N) is 1. The molecule has 8 heteroatoms. The molecule has 3 rings (SSSR count). The van der Waals surface area contributed by atoms with Gasteiger partial charge in [-0.15, -0.1) is 0 Å². The molecular formula is C16H13BrN4O3. The molecule has 0 bridgehead atoms. The third-order valence-corrected chi connectivity index (χ3v) is 4.33. The maximum Gasteiger partial charge on any atom is 0.295 e. The molecule has 0 aliphatic carbocycles. The van der Waals surface area contributed by atoms with Gasteiger partial charge in [-0.1, -0.05) is 40.2 Å². The second kappa shape index (κ2) is 6.79. The van der Waals surface area contributed by atoms with Crippen LogP contribution in [0.1, 0.15) is 5.56 Å². The summed E-state index contributed by atoms with van der Waals surface area (Å²) in [5.41, 5.74) is 1.72. The van der Waals surface area contributed by atoms with Gasteiger partial charge in [0.05, 0.1) is 16.8 Å². The lowest BCUT2D eigenvalue weighted by molar-refractivity contribution is -0.383. The first-order valence-corrected chi connectivity index (χ1v) is 7.94. The average molecular weight is 389 g/mol. The van der Waals surface area contributed by atoms with Crippen LogP contribution in [-0.4, -0.2) is 20.4 Å². The zero-order valence-corrected chi connectivity index (χ0v) is 14.1. The van der Waals surface area contributed by atoms with Crippen molar-refractivity contribution in [2.45, 2.75) is 13.1 Å². The molecule has 1 amide bonds. The van der Waals surface area contributed by atoms with Crippen molar-refractivity contribution in [3.63, 3.8) is 0 Å². The fraction of sp³-hybridized carbons (Fsp3) is 0.125. The normalized spacial score (nSPS) is 10.7. The van der Waals surface area contributed by atoms with E-state index in [4.69, 9.17) is 0 Å². The number of benzene rings is 2. The van der Waals surface area contributed by atoms with E-state index in [1.807, 2.05) is 24.3 Å². The molecule has 1 heterocycles. The van der Waals surface area contributed by atoms with E-state index in [2.05, 4.69) is 26.2 Å².